The Labute approximate surface area is 212 Å². The topological polar surface area (TPSA) is 84.5 Å². The van der Waals surface area contributed by atoms with Crippen molar-refractivity contribution < 1.29 is 31.1 Å². The summed E-state index contributed by atoms with van der Waals surface area (Å²) in [7, 11) is -4.16. The van der Waals surface area contributed by atoms with Gasteiger partial charge in [0.1, 0.15) is 5.75 Å². The minimum atomic E-state index is -4.60. The van der Waals surface area contributed by atoms with Gasteiger partial charge in [-0.05, 0) is 60.3 Å². The van der Waals surface area contributed by atoms with Crippen LogP contribution in [0, 0.1) is 0 Å². The zero-order valence-corrected chi connectivity index (χ0v) is 20.4. The first kappa shape index (κ1) is 26.0. The van der Waals surface area contributed by atoms with E-state index in [0.29, 0.717) is 23.9 Å². The van der Waals surface area contributed by atoms with Crippen molar-refractivity contribution in [1.29, 1.82) is 0 Å². The summed E-state index contributed by atoms with van der Waals surface area (Å²) in [6.07, 6.45) is -5.01. The molecule has 0 bridgehead atoms. The number of rotatable bonds is 8. The van der Waals surface area contributed by atoms with Crippen molar-refractivity contribution >= 4 is 38.1 Å². The largest absolute Gasteiger partial charge is 0.480 e. The summed E-state index contributed by atoms with van der Waals surface area (Å²) in [6.45, 7) is 1.81. The van der Waals surface area contributed by atoms with Crippen LogP contribution in [0.5, 0.6) is 5.75 Å². The average Bonchev–Trinajstić information content (AvgIpc) is 2.87. The first-order chi connectivity index (χ1) is 17.6. The first-order valence-corrected chi connectivity index (χ1v) is 12.8. The molecule has 0 saturated carbocycles. The molecule has 1 unspecified atom stereocenters. The second-order valence-corrected chi connectivity index (χ2v) is 9.87. The van der Waals surface area contributed by atoms with Gasteiger partial charge in [-0.25, -0.2) is 8.42 Å². The van der Waals surface area contributed by atoms with Gasteiger partial charge in [-0.1, -0.05) is 49.4 Å². The summed E-state index contributed by atoms with van der Waals surface area (Å²) >= 11 is 0. The predicted molar refractivity (Wildman–Crippen MR) is 136 cm³/mol. The van der Waals surface area contributed by atoms with Gasteiger partial charge in [-0.3, -0.25) is 9.52 Å². The van der Waals surface area contributed by atoms with Crippen LogP contribution in [0.15, 0.2) is 95.9 Å². The number of alkyl halides is 3. The van der Waals surface area contributed by atoms with Crippen LogP contribution >= 0.6 is 0 Å². The molecule has 4 aromatic rings. The molecule has 0 fully saturated rings. The Hall–Kier alpha value is -4.05. The molecule has 37 heavy (non-hydrogen) atoms. The lowest BCUT2D eigenvalue weighted by atomic mass is 10.1. The highest BCUT2D eigenvalue weighted by Gasteiger charge is 2.30. The van der Waals surface area contributed by atoms with E-state index in [1.165, 1.54) is 30.3 Å². The van der Waals surface area contributed by atoms with E-state index in [9.17, 15) is 26.4 Å². The fraction of sp³-hybridized carbons (Fsp3) is 0.148. The third-order valence-electron chi connectivity index (χ3n) is 5.56. The Morgan fingerprint density at radius 2 is 1.57 bits per heavy atom. The van der Waals surface area contributed by atoms with Gasteiger partial charge in [0.15, 0.2) is 6.10 Å². The Kier molecular flexibility index (Phi) is 7.40. The Morgan fingerprint density at radius 1 is 0.892 bits per heavy atom. The van der Waals surface area contributed by atoms with Crippen LogP contribution in [0.25, 0.3) is 10.8 Å². The molecule has 0 aromatic heterocycles. The maximum absolute atomic E-state index is 12.9. The molecule has 2 N–H and O–H groups in total. The monoisotopic (exact) mass is 528 g/mol. The van der Waals surface area contributed by atoms with Gasteiger partial charge in [-0.15, -0.1) is 0 Å². The lowest BCUT2D eigenvalue weighted by Crippen LogP contribution is -2.32. The molecule has 1 amide bonds. The third kappa shape index (κ3) is 6.21. The molecular weight excluding hydrogens is 505 g/mol. The van der Waals surface area contributed by atoms with E-state index >= 15 is 0 Å². The normalized spacial score (nSPS) is 12.6. The zero-order valence-electron chi connectivity index (χ0n) is 19.6. The minimum Gasteiger partial charge on any atom is -0.480 e. The maximum atomic E-state index is 12.9. The van der Waals surface area contributed by atoms with Crippen LogP contribution < -0.4 is 14.8 Å². The van der Waals surface area contributed by atoms with Crippen LogP contribution in [0.1, 0.15) is 18.9 Å². The molecule has 0 aliphatic heterocycles. The number of carbonyl (C=O) groups excluding carboxylic acids is 1. The van der Waals surface area contributed by atoms with Crippen LogP contribution in [0.3, 0.4) is 0 Å². The Morgan fingerprint density at radius 3 is 2.27 bits per heavy atom. The second kappa shape index (κ2) is 10.5. The fourth-order valence-corrected chi connectivity index (χ4v) is 4.74. The highest BCUT2D eigenvalue weighted by molar-refractivity contribution is 7.92. The molecule has 4 rings (SSSR count). The number of nitrogens with one attached hydrogen (secondary N) is 2. The maximum Gasteiger partial charge on any atom is 0.416 e. The SMILES string of the molecule is CCC(Oc1cccc2ccccc12)C(=O)Nc1ccc(S(=O)(=O)Nc2cccc(C(F)(F)F)c2)cc1. The molecule has 0 radical (unpaired) electrons. The minimum absolute atomic E-state index is 0.179. The lowest BCUT2D eigenvalue weighted by molar-refractivity contribution is -0.137. The van der Waals surface area contributed by atoms with Gasteiger partial charge < -0.3 is 10.1 Å². The number of amides is 1. The number of anilines is 2. The number of ether oxygens (including phenoxy) is 1. The molecule has 0 saturated heterocycles. The van der Waals surface area contributed by atoms with Crippen LogP contribution in [0.2, 0.25) is 0 Å². The second-order valence-electron chi connectivity index (χ2n) is 8.19. The van der Waals surface area contributed by atoms with E-state index in [0.717, 1.165) is 22.9 Å². The first-order valence-electron chi connectivity index (χ1n) is 11.3. The third-order valence-corrected chi connectivity index (χ3v) is 6.95. The quantitative estimate of drug-likeness (QED) is 0.275. The Balaban J connectivity index is 1.45. The van der Waals surface area contributed by atoms with E-state index in [1.54, 1.807) is 6.07 Å². The predicted octanol–water partition coefficient (Wildman–Crippen LogP) is 6.46. The molecule has 0 heterocycles. The molecule has 4 aromatic carbocycles. The van der Waals surface area contributed by atoms with E-state index in [-0.39, 0.29) is 10.6 Å². The molecule has 192 valence electrons. The lowest BCUT2D eigenvalue weighted by Gasteiger charge is -2.18. The van der Waals surface area contributed by atoms with Crippen LogP contribution in [-0.2, 0) is 21.0 Å². The number of sulfonamides is 1. The van der Waals surface area contributed by atoms with Crippen molar-refractivity contribution in [2.75, 3.05) is 10.0 Å². The van der Waals surface area contributed by atoms with Gasteiger partial charge >= 0.3 is 6.18 Å². The summed E-state index contributed by atoms with van der Waals surface area (Å²) in [4.78, 5) is 12.7. The van der Waals surface area contributed by atoms with Crippen molar-refractivity contribution in [2.45, 2.75) is 30.5 Å². The van der Waals surface area contributed by atoms with Gasteiger partial charge in [0, 0.05) is 16.8 Å². The van der Waals surface area contributed by atoms with Crippen LogP contribution in [0.4, 0.5) is 24.5 Å². The van der Waals surface area contributed by atoms with Crippen molar-refractivity contribution in [3.63, 3.8) is 0 Å². The standard InChI is InChI=1S/C27H23F3N2O4S/c1-2-24(36-25-12-5-8-18-7-3-4-11-23(18)25)26(33)31-20-13-15-22(16-14-20)37(34,35)32-21-10-6-9-19(17-21)27(28,29)30/h3-17,24,32H,2H2,1H3,(H,31,33). The van der Waals surface area contributed by atoms with Gasteiger partial charge in [0.2, 0.25) is 0 Å². The fourth-order valence-electron chi connectivity index (χ4n) is 3.69. The van der Waals surface area contributed by atoms with E-state index in [4.69, 9.17) is 4.74 Å². The summed E-state index contributed by atoms with van der Waals surface area (Å²) in [5.41, 5.74) is -0.853. The van der Waals surface area contributed by atoms with Crippen molar-refractivity contribution in [3.05, 3.63) is 96.6 Å². The van der Waals surface area contributed by atoms with Crippen molar-refractivity contribution in [2.24, 2.45) is 0 Å². The summed E-state index contributed by atoms with van der Waals surface area (Å²) in [5.74, 6) is 0.162. The number of halogens is 3. The molecule has 10 heteroatoms. The summed E-state index contributed by atoms with van der Waals surface area (Å²) in [6, 6.07) is 22.4. The van der Waals surface area contributed by atoms with Gasteiger partial charge in [0.05, 0.1) is 10.5 Å². The summed E-state index contributed by atoms with van der Waals surface area (Å²) in [5, 5.41) is 4.56. The molecule has 0 spiro atoms. The van der Waals surface area contributed by atoms with Gasteiger partial charge in [0.25, 0.3) is 15.9 Å². The highest BCUT2D eigenvalue weighted by atomic mass is 32.2. The molecule has 0 aliphatic rings. The molecule has 0 aliphatic carbocycles. The van der Waals surface area contributed by atoms with E-state index in [1.807, 2.05) is 43.3 Å². The molecular formula is C27H23F3N2O4S. The summed E-state index contributed by atoms with van der Waals surface area (Å²) < 4.78 is 72.2. The number of hydrogen-bond acceptors (Lipinski definition) is 4. The van der Waals surface area contributed by atoms with Gasteiger partial charge in [-0.2, -0.15) is 13.2 Å². The smallest absolute Gasteiger partial charge is 0.416 e. The van der Waals surface area contributed by atoms with Crippen molar-refractivity contribution in [3.8, 4) is 5.75 Å². The number of carbonyl (C=O) groups is 1. The highest BCUT2D eigenvalue weighted by Crippen LogP contribution is 2.31. The van der Waals surface area contributed by atoms with Crippen molar-refractivity contribution in [1.82, 2.24) is 0 Å². The zero-order chi connectivity index (χ0) is 26.6. The average molecular weight is 529 g/mol. The van der Waals surface area contributed by atoms with E-state index in [2.05, 4.69) is 10.0 Å². The number of fused-ring (bicyclic) bond motifs is 1. The number of hydrogen-bond donors (Lipinski definition) is 2. The molecule has 6 nitrogen and oxygen atoms in total. The van der Waals surface area contributed by atoms with Crippen LogP contribution in [-0.4, -0.2) is 20.4 Å². The number of benzene rings is 4. The Bertz CT molecular complexity index is 1520. The van der Waals surface area contributed by atoms with E-state index < -0.39 is 33.8 Å². The molecule has 1 atom stereocenters.